The first-order valence-corrected chi connectivity index (χ1v) is 5.69. The first kappa shape index (κ1) is 13.2. The number of carbonyl (C=O) groups excluding carboxylic acids is 1. The van der Waals surface area contributed by atoms with E-state index in [1.165, 1.54) is 5.56 Å². The van der Waals surface area contributed by atoms with E-state index in [0.29, 0.717) is 0 Å². The van der Waals surface area contributed by atoms with Gasteiger partial charge < -0.3 is 0 Å². The number of hydrogen-bond acceptors (Lipinski definition) is 2. The Morgan fingerprint density at radius 3 is 2.41 bits per heavy atom. The number of aryl methyl sites for hydroxylation is 2. The van der Waals surface area contributed by atoms with E-state index in [1.54, 1.807) is 19.9 Å². The fourth-order valence-electron chi connectivity index (χ4n) is 1.49. The molecule has 0 aliphatic heterocycles. The van der Waals surface area contributed by atoms with Crippen LogP contribution in [0.3, 0.4) is 0 Å². The van der Waals surface area contributed by atoms with E-state index >= 15 is 0 Å². The Hall–Kier alpha value is -1.88. The van der Waals surface area contributed by atoms with E-state index < -0.39 is 0 Å². The molecule has 0 radical (unpaired) electrons. The molecule has 1 aromatic rings. The lowest BCUT2D eigenvalue weighted by Crippen LogP contribution is -2.08. The zero-order valence-corrected chi connectivity index (χ0v) is 10.7. The molecule has 0 atom stereocenters. The van der Waals surface area contributed by atoms with Crippen LogP contribution >= 0.6 is 0 Å². The normalized spacial score (nSPS) is 11.4. The van der Waals surface area contributed by atoms with E-state index in [1.807, 2.05) is 38.1 Å². The standard InChI is InChI=1S/C15H17NO/c1-10(2)15(17)14(9-16)8-13-6-5-11(3)12(4)7-13/h5-8,10H,1-4H3. The van der Waals surface area contributed by atoms with Crippen molar-refractivity contribution in [2.24, 2.45) is 5.92 Å². The second-order valence-electron chi connectivity index (χ2n) is 4.53. The number of hydrogen-bond donors (Lipinski definition) is 0. The maximum atomic E-state index is 11.7. The smallest absolute Gasteiger partial charge is 0.175 e. The Labute approximate surface area is 103 Å². The quantitative estimate of drug-likeness (QED) is 0.586. The Morgan fingerprint density at radius 1 is 1.29 bits per heavy atom. The molecule has 0 amide bonds. The maximum absolute atomic E-state index is 11.7. The highest BCUT2D eigenvalue weighted by atomic mass is 16.1. The Balaban J connectivity index is 3.12. The number of ketones is 1. The van der Waals surface area contributed by atoms with Crippen molar-refractivity contribution in [3.63, 3.8) is 0 Å². The Bertz CT molecular complexity index is 504. The third-order valence-electron chi connectivity index (χ3n) is 2.75. The molecule has 0 spiro atoms. The van der Waals surface area contributed by atoms with Crippen LogP contribution < -0.4 is 0 Å². The predicted molar refractivity (Wildman–Crippen MR) is 69.4 cm³/mol. The van der Waals surface area contributed by atoms with Crippen molar-refractivity contribution < 1.29 is 4.79 Å². The van der Waals surface area contributed by atoms with Gasteiger partial charge in [0.25, 0.3) is 0 Å². The van der Waals surface area contributed by atoms with Gasteiger partial charge in [0.1, 0.15) is 6.07 Å². The number of carbonyl (C=O) groups is 1. The number of benzene rings is 1. The van der Waals surface area contributed by atoms with E-state index in [0.717, 1.165) is 11.1 Å². The van der Waals surface area contributed by atoms with Crippen molar-refractivity contribution in [3.05, 3.63) is 40.5 Å². The van der Waals surface area contributed by atoms with Crippen LogP contribution in [0, 0.1) is 31.1 Å². The summed E-state index contributed by atoms with van der Waals surface area (Å²) in [4.78, 5) is 11.7. The predicted octanol–water partition coefficient (Wildman–Crippen LogP) is 3.44. The van der Waals surface area contributed by atoms with Crippen LogP contribution in [0.15, 0.2) is 23.8 Å². The van der Waals surface area contributed by atoms with Crippen molar-refractivity contribution in [2.75, 3.05) is 0 Å². The van der Waals surface area contributed by atoms with Crippen LogP contribution in [-0.2, 0) is 4.79 Å². The molecule has 2 nitrogen and oxygen atoms in total. The molecule has 0 N–H and O–H groups in total. The summed E-state index contributed by atoms with van der Waals surface area (Å²) in [5.74, 6) is -0.252. The molecule has 0 heterocycles. The van der Waals surface area contributed by atoms with E-state index in [4.69, 9.17) is 5.26 Å². The molecule has 2 heteroatoms. The average Bonchev–Trinajstić information content (AvgIpc) is 2.29. The number of allylic oxidation sites excluding steroid dienone is 1. The fourth-order valence-corrected chi connectivity index (χ4v) is 1.49. The van der Waals surface area contributed by atoms with Crippen LogP contribution in [0.25, 0.3) is 6.08 Å². The van der Waals surface area contributed by atoms with Crippen LogP contribution in [-0.4, -0.2) is 5.78 Å². The van der Waals surface area contributed by atoms with Gasteiger partial charge in [0.2, 0.25) is 0 Å². The molecule has 88 valence electrons. The van der Waals surface area contributed by atoms with Crippen molar-refractivity contribution in [2.45, 2.75) is 27.7 Å². The van der Waals surface area contributed by atoms with Gasteiger partial charge >= 0.3 is 0 Å². The summed E-state index contributed by atoms with van der Waals surface area (Å²) in [7, 11) is 0. The zero-order valence-electron chi connectivity index (χ0n) is 10.7. The minimum atomic E-state index is -0.146. The van der Waals surface area contributed by atoms with Gasteiger partial charge in [-0.2, -0.15) is 5.26 Å². The third kappa shape index (κ3) is 3.29. The van der Waals surface area contributed by atoms with Gasteiger partial charge in [-0.25, -0.2) is 0 Å². The van der Waals surface area contributed by atoms with Gasteiger partial charge in [-0.05, 0) is 36.6 Å². The number of nitrogens with zero attached hydrogens (tertiary/aromatic N) is 1. The number of nitriles is 1. The molecule has 0 unspecified atom stereocenters. The van der Waals surface area contributed by atoms with Crippen molar-refractivity contribution >= 4 is 11.9 Å². The topological polar surface area (TPSA) is 40.9 Å². The van der Waals surface area contributed by atoms with Crippen molar-refractivity contribution in [1.82, 2.24) is 0 Å². The summed E-state index contributed by atoms with van der Waals surface area (Å²) < 4.78 is 0. The van der Waals surface area contributed by atoms with Gasteiger partial charge in [-0.15, -0.1) is 0 Å². The monoisotopic (exact) mass is 227 g/mol. The molecule has 0 aliphatic rings. The molecule has 0 aliphatic carbocycles. The van der Waals surface area contributed by atoms with Crippen molar-refractivity contribution in [3.8, 4) is 6.07 Å². The SMILES string of the molecule is Cc1ccc(C=C(C#N)C(=O)C(C)C)cc1C. The average molecular weight is 227 g/mol. The second kappa shape index (κ2) is 5.45. The summed E-state index contributed by atoms with van der Waals surface area (Å²) in [6.45, 7) is 7.65. The minimum Gasteiger partial charge on any atom is -0.293 e. The first-order valence-electron chi connectivity index (χ1n) is 5.69. The molecule has 17 heavy (non-hydrogen) atoms. The highest BCUT2D eigenvalue weighted by Gasteiger charge is 2.13. The first-order chi connectivity index (χ1) is 7.95. The van der Waals surface area contributed by atoms with E-state index in [-0.39, 0.29) is 17.3 Å². The van der Waals surface area contributed by atoms with Gasteiger partial charge in [0.15, 0.2) is 5.78 Å². The lowest BCUT2D eigenvalue weighted by Gasteiger charge is -2.04. The highest BCUT2D eigenvalue weighted by Crippen LogP contribution is 2.15. The largest absolute Gasteiger partial charge is 0.293 e. The Kier molecular flexibility index (Phi) is 4.23. The molecule has 0 saturated heterocycles. The van der Waals surface area contributed by atoms with Crippen LogP contribution in [0.5, 0.6) is 0 Å². The molecule has 0 aromatic heterocycles. The molecule has 1 rings (SSSR count). The molecule has 0 bridgehead atoms. The van der Waals surface area contributed by atoms with Crippen LogP contribution in [0.1, 0.15) is 30.5 Å². The lowest BCUT2D eigenvalue weighted by atomic mass is 9.98. The summed E-state index contributed by atoms with van der Waals surface area (Å²) in [6, 6.07) is 7.88. The molecular weight excluding hydrogens is 210 g/mol. The third-order valence-corrected chi connectivity index (χ3v) is 2.75. The van der Waals surface area contributed by atoms with Gasteiger partial charge in [0.05, 0.1) is 5.57 Å². The minimum absolute atomic E-state index is 0.106. The van der Waals surface area contributed by atoms with Crippen LogP contribution in [0.4, 0.5) is 0 Å². The summed E-state index contributed by atoms with van der Waals surface area (Å²) in [5.41, 5.74) is 3.49. The van der Waals surface area contributed by atoms with E-state index in [2.05, 4.69) is 0 Å². The number of rotatable bonds is 3. The zero-order chi connectivity index (χ0) is 13.0. The molecule has 0 saturated carbocycles. The Morgan fingerprint density at radius 2 is 1.94 bits per heavy atom. The molecular formula is C15H17NO. The summed E-state index contributed by atoms with van der Waals surface area (Å²) >= 11 is 0. The maximum Gasteiger partial charge on any atom is 0.175 e. The summed E-state index contributed by atoms with van der Waals surface area (Å²) in [5, 5.41) is 8.99. The van der Waals surface area contributed by atoms with Gasteiger partial charge in [0, 0.05) is 5.92 Å². The second-order valence-corrected chi connectivity index (χ2v) is 4.53. The van der Waals surface area contributed by atoms with E-state index in [9.17, 15) is 4.79 Å². The van der Waals surface area contributed by atoms with Crippen LogP contribution in [0.2, 0.25) is 0 Å². The fraction of sp³-hybridized carbons (Fsp3) is 0.333. The lowest BCUT2D eigenvalue weighted by molar-refractivity contribution is -0.117. The molecule has 1 aromatic carbocycles. The highest BCUT2D eigenvalue weighted by molar-refractivity contribution is 6.04. The molecule has 0 fully saturated rings. The van der Waals surface area contributed by atoms with Crippen molar-refractivity contribution in [1.29, 1.82) is 5.26 Å². The number of Topliss-reactive ketones (excluding diaryl/α,β-unsaturated/α-hetero) is 1. The van der Waals surface area contributed by atoms with Gasteiger partial charge in [-0.3, -0.25) is 4.79 Å². The van der Waals surface area contributed by atoms with Gasteiger partial charge in [-0.1, -0.05) is 32.0 Å². The summed E-state index contributed by atoms with van der Waals surface area (Å²) in [6.07, 6.45) is 1.66.